The monoisotopic (exact) mass is 1630 g/mol. The van der Waals surface area contributed by atoms with E-state index < -0.39 is 60.4 Å². The van der Waals surface area contributed by atoms with E-state index in [2.05, 4.69) is 69.6 Å². The Morgan fingerprint density at radius 3 is 2.15 bits per heavy atom. The number of benzene rings is 5. The fourth-order valence-electron chi connectivity index (χ4n) is 16.0. The molecule has 27 heteroatoms. The third kappa shape index (κ3) is 23.3. The SMILES string of the molecule is C/C=S(\NC(=O)c1ccc(N2CCN(CC3=C(c4ccc(Cl)cc4)CCC(C)(CN4CCC[C@@H](NC(=O)CCCCCCC(=O)N[C@H](C(=O)N5CCC[C@H]5C(=O)N[C@@H](C)c5ccc(-c6scnc6C)cc5)C(C)(C)C)C4)C3)CC2)cc1)c1ccc(N[C@H](CCN2CCOCC2)CSc2ccccc2)c(S(=O)(=O)C(F)(F)F)c1. The Bertz CT molecular complexity index is 4360. The number of carbonyl (C=O) groups is 5. The number of nitrogens with one attached hydrogen (secondary N) is 5. The average molecular weight is 1640 g/mol. The maximum absolute atomic E-state index is 14.5. The minimum atomic E-state index is -5.83. The van der Waals surface area contributed by atoms with Crippen molar-refractivity contribution in [2.45, 2.75) is 189 Å². The topological polar surface area (TPSA) is 218 Å². The lowest BCUT2D eigenvalue weighted by Gasteiger charge is -2.44. The highest BCUT2D eigenvalue weighted by Crippen LogP contribution is 2.45. The van der Waals surface area contributed by atoms with Crippen LogP contribution >= 0.6 is 45.4 Å². The fraction of sp³-hybridized carbons (Fsp3) is 0.518. The van der Waals surface area contributed by atoms with Crippen LogP contribution in [0.15, 0.2) is 147 Å². The number of ether oxygens (including phenoxy) is 1. The fourth-order valence-corrected chi connectivity index (χ4v) is 20.2. The van der Waals surface area contributed by atoms with Crippen molar-refractivity contribution in [1.29, 1.82) is 0 Å². The van der Waals surface area contributed by atoms with Crippen molar-refractivity contribution >= 4 is 107 Å². The zero-order valence-corrected chi connectivity index (χ0v) is 69.7. The first kappa shape index (κ1) is 85.7. The van der Waals surface area contributed by atoms with Gasteiger partial charge in [-0.15, -0.1) is 23.1 Å². The van der Waals surface area contributed by atoms with E-state index in [9.17, 15) is 45.6 Å². The molecule has 4 fully saturated rings. The Morgan fingerprint density at radius 1 is 0.795 bits per heavy atom. The quantitative estimate of drug-likeness (QED) is 0.0151. The minimum absolute atomic E-state index is 0.00260. The molecule has 6 aromatic rings. The van der Waals surface area contributed by atoms with E-state index in [0.717, 1.165) is 149 Å². The van der Waals surface area contributed by atoms with Gasteiger partial charge in [0.05, 0.1) is 41.0 Å². The molecule has 7 atom stereocenters. The van der Waals surface area contributed by atoms with E-state index in [1.165, 1.54) is 34.5 Å². The number of unbranched alkanes of at least 4 members (excludes halogenated alkanes) is 3. The second-order valence-corrected chi connectivity index (χ2v) is 38.1. The second-order valence-electron chi connectivity index (χ2n) is 31.9. The molecule has 0 spiro atoms. The smallest absolute Gasteiger partial charge is 0.380 e. The summed E-state index contributed by atoms with van der Waals surface area (Å²) in [7, 11) is -7.11. The number of rotatable bonds is 32. The zero-order valence-electron chi connectivity index (χ0n) is 65.7. The first-order valence-electron chi connectivity index (χ1n) is 39.6. The number of hydrogen-bond donors (Lipinski definition) is 5. The molecular weight excluding hydrogens is 1520 g/mol. The molecule has 606 valence electrons. The van der Waals surface area contributed by atoms with Crippen LogP contribution < -0.4 is 30.9 Å². The van der Waals surface area contributed by atoms with Crippen molar-refractivity contribution in [3.8, 4) is 10.4 Å². The number of allylic oxidation sites excluding steroid dienone is 1. The molecule has 5 amide bonds. The first-order chi connectivity index (χ1) is 53.6. The summed E-state index contributed by atoms with van der Waals surface area (Å²) in [6, 6.07) is 35.2. The molecular formula is C85H111ClF3N11O8S4. The summed E-state index contributed by atoms with van der Waals surface area (Å²) in [6.45, 7) is 24.2. The molecule has 0 radical (unpaired) electrons. The molecule has 4 aliphatic heterocycles. The molecule has 0 saturated carbocycles. The summed E-state index contributed by atoms with van der Waals surface area (Å²) in [6.07, 6.45) is 10.2. The van der Waals surface area contributed by atoms with Crippen molar-refractivity contribution in [2.75, 3.05) is 108 Å². The molecule has 5 aromatic carbocycles. The van der Waals surface area contributed by atoms with Crippen LogP contribution in [0.1, 0.15) is 165 Å². The van der Waals surface area contributed by atoms with Crippen molar-refractivity contribution in [3.05, 3.63) is 160 Å². The Balaban J connectivity index is 0.623. The normalized spacial score (nSPS) is 20.2. The number of likely N-dealkylation sites (tertiary alicyclic amines) is 2. The molecule has 5 heterocycles. The third-order valence-corrected chi connectivity index (χ3v) is 27.8. The highest BCUT2D eigenvalue weighted by atomic mass is 35.5. The van der Waals surface area contributed by atoms with Crippen LogP contribution in [0.25, 0.3) is 16.0 Å². The number of alkyl halides is 3. The van der Waals surface area contributed by atoms with Crippen molar-refractivity contribution in [1.82, 2.24) is 45.3 Å². The van der Waals surface area contributed by atoms with Crippen molar-refractivity contribution in [3.63, 3.8) is 0 Å². The van der Waals surface area contributed by atoms with E-state index in [4.69, 9.17) is 16.3 Å². The number of thiazole rings is 1. The molecule has 1 aliphatic carbocycles. The average Bonchev–Trinajstić information content (AvgIpc) is 1.09. The van der Waals surface area contributed by atoms with E-state index >= 15 is 0 Å². The van der Waals surface area contributed by atoms with Gasteiger partial charge >= 0.3 is 5.51 Å². The van der Waals surface area contributed by atoms with Gasteiger partial charge in [0.25, 0.3) is 15.7 Å². The van der Waals surface area contributed by atoms with Crippen LogP contribution in [-0.4, -0.2) is 195 Å². The second kappa shape index (κ2) is 39.5. The van der Waals surface area contributed by atoms with Crippen LogP contribution in [-0.2, 0) is 33.8 Å². The van der Waals surface area contributed by atoms with Gasteiger partial charge in [-0.25, -0.2) is 13.4 Å². The van der Waals surface area contributed by atoms with Crippen LogP contribution in [0.3, 0.4) is 0 Å². The number of sulfone groups is 1. The number of aryl methyl sites for hydroxylation is 1. The van der Waals surface area contributed by atoms with Gasteiger partial charge in [-0.3, -0.25) is 38.5 Å². The predicted octanol–water partition coefficient (Wildman–Crippen LogP) is 15.2. The van der Waals surface area contributed by atoms with E-state index in [1.807, 2.05) is 119 Å². The molecule has 19 nitrogen and oxygen atoms in total. The summed E-state index contributed by atoms with van der Waals surface area (Å²) < 4.78 is 78.9. The highest BCUT2D eigenvalue weighted by molar-refractivity contribution is 8.13. The molecule has 2 unspecified atom stereocenters. The molecule has 0 bridgehead atoms. The number of amides is 5. The Kier molecular flexibility index (Phi) is 30.2. The van der Waals surface area contributed by atoms with Crippen LogP contribution in [0.4, 0.5) is 24.5 Å². The zero-order chi connectivity index (χ0) is 79.7. The number of anilines is 2. The van der Waals surface area contributed by atoms with Gasteiger partial charge in [0.1, 0.15) is 17.0 Å². The van der Waals surface area contributed by atoms with Crippen LogP contribution in [0.2, 0.25) is 5.02 Å². The molecule has 11 rings (SSSR count). The largest absolute Gasteiger partial charge is 0.501 e. The molecule has 112 heavy (non-hydrogen) atoms. The summed E-state index contributed by atoms with van der Waals surface area (Å²) in [5.74, 6) is -0.585. The Labute approximate surface area is 675 Å². The summed E-state index contributed by atoms with van der Waals surface area (Å²) >= 11 is 9.57. The Morgan fingerprint density at radius 2 is 1.48 bits per heavy atom. The number of halogens is 4. The summed E-state index contributed by atoms with van der Waals surface area (Å²) in [5, 5.41) is 15.1. The van der Waals surface area contributed by atoms with Gasteiger partial charge in [-0.2, -0.15) is 13.2 Å². The van der Waals surface area contributed by atoms with Crippen molar-refractivity contribution in [2.24, 2.45) is 10.8 Å². The van der Waals surface area contributed by atoms with Gasteiger partial charge < -0.3 is 40.7 Å². The van der Waals surface area contributed by atoms with Gasteiger partial charge in [0.2, 0.25) is 23.6 Å². The van der Waals surface area contributed by atoms with Gasteiger partial charge in [-0.05, 0) is 197 Å². The Hall–Kier alpha value is -7.14. The lowest BCUT2D eigenvalue weighted by Crippen LogP contribution is -2.57. The number of morpholine rings is 1. The standard InChI is InChI=1S/C85H111ClF3N11O8S4/c1-8-111(71-36-37-73(75(52-71)112(106,107)85(87,88)89)92-68(39-43-96-48-50-108-51-49-96)56-109-70-19-12-11-13-20-70)95-80(103)64-30-34-69(35-31-64)99-46-44-97(45-47-99)54-65-53-84(7,40-38-72(65)62-28-32-66(86)33-29-62)57-98-41-16-18-67(55-98)93-76(101)22-14-9-10-15-23-77(102)94-79(83(4,5)6)82(105)100-42-17-21-74(100)81(104)91-59(2)61-24-26-63(27-25-61)78-60(3)90-58-110-78/h8,11-13,19-20,24-37,52,58-59,67-68,74,79,92H,9-10,14-18,21-23,38-51,53-57H2,1-7H3,(H,91,104)(H,93,101)(H,94,102)(H,95,103)/t59-,67+,68+,74-,79+,84?,111?/m0/s1. The maximum atomic E-state index is 14.5. The molecule has 4 saturated heterocycles. The number of hydrogen-bond acceptors (Lipinski definition) is 16. The maximum Gasteiger partial charge on any atom is 0.501 e. The number of nitrogens with zero attached hydrogens (tertiary/aromatic N) is 6. The lowest BCUT2D eigenvalue weighted by atomic mass is 9.71. The number of carbonyl (C=O) groups excluding carboxylic acids is 5. The number of piperidine rings is 1. The summed E-state index contributed by atoms with van der Waals surface area (Å²) in [4.78, 5) is 86.1. The number of aromatic nitrogens is 1. The summed E-state index contributed by atoms with van der Waals surface area (Å²) in [5.41, 5.74) is 3.83. The molecule has 5 aliphatic rings. The highest BCUT2D eigenvalue weighted by Gasteiger charge is 2.49. The van der Waals surface area contributed by atoms with Crippen molar-refractivity contribution < 1.29 is 50.3 Å². The van der Waals surface area contributed by atoms with Gasteiger partial charge in [0, 0.05) is 129 Å². The number of piperazine rings is 1. The first-order valence-corrected chi connectivity index (χ1v) is 44.6. The molecule has 5 N–H and O–H groups in total. The van der Waals surface area contributed by atoms with E-state index in [0.29, 0.717) is 81.2 Å². The van der Waals surface area contributed by atoms with Gasteiger partial charge in [0.15, 0.2) is 0 Å². The number of thioether (sulfide) groups is 1. The van der Waals surface area contributed by atoms with Gasteiger partial charge in [-0.1, -0.05) is 123 Å². The minimum Gasteiger partial charge on any atom is -0.380 e. The predicted molar refractivity (Wildman–Crippen MR) is 447 cm³/mol. The van der Waals surface area contributed by atoms with Crippen LogP contribution in [0, 0.1) is 17.8 Å². The lowest BCUT2D eigenvalue weighted by molar-refractivity contribution is -0.144. The third-order valence-electron chi connectivity index (χ3n) is 22.3. The molecule has 1 aromatic heterocycles. The van der Waals surface area contributed by atoms with E-state index in [-0.39, 0.29) is 58.1 Å². The van der Waals surface area contributed by atoms with Crippen LogP contribution in [0.5, 0.6) is 0 Å². The van der Waals surface area contributed by atoms with E-state index in [1.54, 1.807) is 46.7 Å².